The average Bonchev–Trinajstić information content (AvgIpc) is 2.86. The van der Waals surface area contributed by atoms with Crippen molar-refractivity contribution in [3.8, 4) is 0 Å². The van der Waals surface area contributed by atoms with E-state index in [1.807, 2.05) is 0 Å². The molecule has 0 aliphatic heterocycles. The largest absolute Gasteiger partial charge is 0.368 e. The van der Waals surface area contributed by atoms with E-state index in [0.717, 1.165) is 30.6 Å². The number of methoxy groups -OCH3 is 1. The summed E-state index contributed by atoms with van der Waals surface area (Å²) in [4.78, 5) is 12.3. The molecular weight excluding hydrogens is 322 g/mol. The van der Waals surface area contributed by atoms with E-state index in [-0.39, 0.29) is 9.23 Å². The smallest absolute Gasteiger partial charge is 0.275 e. The summed E-state index contributed by atoms with van der Waals surface area (Å²) in [5, 5.41) is 1.68. The highest BCUT2D eigenvalue weighted by molar-refractivity contribution is 7.92. The van der Waals surface area contributed by atoms with Gasteiger partial charge in [-0.2, -0.15) is 0 Å². The summed E-state index contributed by atoms with van der Waals surface area (Å²) in [5.74, 6) is -0.607. The lowest BCUT2D eigenvalue weighted by Gasteiger charge is -2.34. The summed E-state index contributed by atoms with van der Waals surface area (Å²) in [5.41, 5.74) is -1.05. The quantitative estimate of drug-likeness (QED) is 0.916. The van der Waals surface area contributed by atoms with Gasteiger partial charge in [0.05, 0.1) is 5.02 Å². The van der Waals surface area contributed by atoms with Crippen molar-refractivity contribution in [1.29, 1.82) is 0 Å². The van der Waals surface area contributed by atoms with Gasteiger partial charge in [-0.15, -0.1) is 11.3 Å². The molecule has 0 spiro atoms. The SMILES string of the molecule is COC1(C(=O)NS(=O)(=O)c2sccc2Cl)CCCCC1. The molecular formula is C12H16ClNO4S2. The predicted molar refractivity (Wildman–Crippen MR) is 77.5 cm³/mol. The number of sulfonamides is 1. The minimum Gasteiger partial charge on any atom is -0.368 e. The molecule has 1 saturated carbocycles. The monoisotopic (exact) mass is 337 g/mol. The Balaban J connectivity index is 2.20. The Morgan fingerprint density at radius 2 is 2.05 bits per heavy atom. The van der Waals surface area contributed by atoms with Gasteiger partial charge in [-0.3, -0.25) is 4.79 Å². The summed E-state index contributed by atoms with van der Waals surface area (Å²) in [6, 6.07) is 1.48. The second kappa shape index (κ2) is 6.01. The average molecular weight is 338 g/mol. The minimum atomic E-state index is -3.94. The number of halogens is 1. The van der Waals surface area contributed by atoms with E-state index < -0.39 is 21.5 Å². The molecule has 2 rings (SSSR count). The molecule has 1 fully saturated rings. The first kappa shape index (κ1) is 15.8. The number of amides is 1. The van der Waals surface area contributed by atoms with Crippen molar-refractivity contribution in [3.63, 3.8) is 0 Å². The molecule has 0 bridgehead atoms. The molecule has 1 aromatic rings. The van der Waals surface area contributed by atoms with Crippen molar-refractivity contribution in [2.45, 2.75) is 41.9 Å². The van der Waals surface area contributed by atoms with Crippen LogP contribution in [0, 0.1) is 0 Å². The second-order valence-corrected chi connectivity index (χ2v) is 7.95. The van der Waals surface area contributed by atoms with Gasteiger partial charge in [-0.25, -0.2) is 13.1 Å². The van der Waals surface area contributed by atoms with Crippen LogP contribution in [-0.2, 0) is 19.6 Å². The van der Waals surface area contributed by atoms with Crippen LogP contribution < -0.4 is 4.72 Å². The summed E-state index contributed by atoms with van der Waals surface area (Å²) in [6.45, 7) is 0. The molecule has 1 aliphatic rings. The van der Waals surface area contributed by atoms with Gasteiger partial charge in [0.2, 0.25) is 0 Å². The molecule has 112 valence electrons. The molecule has 1 aliphatic carbocycles. The molecule has 5 nitrogen and oxygen atoms in total. The molecule has 0 aromatic carbocycles. The maximum Gasteiger partial charge on any atom is 0.275 e. The number of nitrogens with one attached hydrogen (secondary N) is 1. The van der Waals surface area contributed by atoms with E-state index in [1.54, 1.807) is 5.38 Å². The molecule has 1 amide bonds. The molecule has 8 heteroatoms. The molecule has 1 N–H and O–H groups in total. The number of rotatable bonds is 4. The molecule has 1 aromatic heterocycles. The Kier molecular flexibility index (Phi) is 4.73. The predicted octanol–water partition coefficient (Wildman–Crippen LogP) is 2.56. The summed E-state index contributed by atoms with van der Waals surface area (Å²) in [7, 11) is -2.50. The third-order valence-electron chi connectivity index (χ3n) is 3.52. The first-order chi connectivity index (χ1) is 9.41. The van der Waals surface area contributed by atoms with Crippen molar-refractivity contribution in [2.75, 3.05) is 7.11 Å². The van der Waals surface area contributed by atoms with Gasteiger partial charge in [0.1, 0.15) is 5.60 Å². The normalized spacial score (nSPS) is 18.7. The van der Waals surface area contributed by atoms with E-state index >= 15 is 0 Å². The van der Waals surface area contributed by atoms with Crippen LogP contribution in [0.5, 0.6) is 0 Å². The number of ether oxygens (including phenoxy) is 1. The van der Waals surface area contributed by atoms with Gasteiger partial charge in [0.15, 0.2) is 4.21 Å². The Labute approximate surface area is 127 Å². The van der Waals surface area contributed by atoms with Crippen LogP contribution in [-0.4, -0.2) is 27.0 Å². The van der Waals surface area contributed by atoms with E-state index in [0.29, 0.717) is 12.8 Å². The number of hydrogen-bond acceptors (Lipinski definition) is 5. The van der Waals surface area contributed by atoms with Crippen LogP contribution in [0.2, 0.25) is 5.02 Å². The van der Waals surface area contributed by atoms with Crippen LogP contribution in [0.4, 0.5) is 0 Å². The van der Waals surface area contributed by atoms with E-state index in [2.05, 4.69) is 4.72 Å². The topological polar surface area (TPSA) is 72.5 Å². The Morgan fingerprint density at radius 3 is 2.55 bits per heavy atom. The van der Waals surface area contributed by atoms with Crippen molar-refractivity contribution in [1.82, 2.24) is 4.72 Å². The maximum atomic E-state index is 12.3. The summed E-state index contributed by atoms with van der Waals surface area (Å²) < 4.78 is 31.7. The molecule has 0 atom stereocenters. The number of hydrogen-bond donors (Lipinski definition) is 1. The Hall–Kier alpha value is -0.630. The van der Waals surface area contributed by atoms with Crippen molar-refractivity contribution in [3.05, 3.63) is 16.5 Å². The molecule has 0 radical (unpaired) electrons. The zero-order valence-corrected chi connectivity index (χ0v) is 13.4. The lowest BCUT2D eigenvalue weighted by Crippen LogP contribution is -2.51. The summed E-state index contributed by atoms with van der Waals surface area (Å²) >= 11 is 6.79. The third kappa shape index (κ3) is 3.00. The van der Waals surface area contributed by atoms with Crippen LogP contribution in [0.25, 0.3) is 0 Å². The molecule has 0 unspecified atom stereocenters. The van der Waals surface area contributed by atoms with Gasteiger partial charge in [0.25, 0.3) is 15.9 Å². The van der Waals surface area contributed by atoms with Gasteiger partial charge < -0.3 is 4.74 Å². The minimum absolute atomic E-state index is 0.0467. The number of thiophene rings is 1. The highest BCUT2D eigenvalue weighted by Gasteiger charge is 2.41. The fourth-order valence-electron chi connectivity index (χ4n) is 2.38. The van der Waals surface area contributed by atoms with E-state index in [1.165, 1.54) is 13.2 Å². The van der Waals surface area contributed by atoms with Crippen molar-refractivity contribution >= 4 is 38.9 Å². The Morgan fingerprint density at radius 1 is 1.40 bits per heavy atom. The lowest BCUT2D eigenvalue weighted by molar-refractivity contribution is -0.145. The highest BCUT2D eigenvalue weighted by atomic mass is 35.5. The third-order valence-corrected chi connectivity index (χ3v) is 6.88. The number of carbonyl (C=O) groups is 1. The number of carbonyl (C=O) groups excluding carboxylic acids is 1. The maximum absolute atomic E-state index is 12.3. The van der Waals surface area contributed by atoms with Crippen LogP contribution >= 0.6 is 22.9 Å². The zero-order valence-electron chi connectivity index (χ0n) is 11.0. The van der Waals surface area contributed by atoms with Gasteiger partial charge >= 0.3 is 0 Å². The van der Waals surface area contributed by atoms with Gasteiger partial charge in [0, 0.05) is 7.11 Å². The fourth-order valence-corrected chi connectivity index (χ4v) is 5.11. The Bertz CT molecular complexity index is 590. The van der Waals surface area contributed by atoms with Crippen LogP contribution in [0.15, 0.2) is 15.7 Å². The lowest BCUT2D eigenvalue weighted by atomic mass is 9.84. The van der Waals surface area contributed by atoms with E-state index in [9.17, 15) is 13.2 Å². The van der Waals surface area contributed by atoms with Crippen LogP contribution in [0.3, 0.4) is 0 Å². The summed E-state index contributed by atoms with van der Waals surface area (Å²) in [6.07, 6.45) is 3.79. The van der Waals surface area contributed by atoms with Gasteiger partial charge in [-0.05, 0) is 24.3 Å². The zero-order chi connectivity index (χ0) is 14.8. The van der Waals surface area contributed by atoms with Gasteiger partial charge in [-0.1, -0.05) is 30.9 Å². The fraction of sp³-hybridized carbons (Fsp3) is 0.583. The van der Waals surface area contributed by atoms with Crippen molar-refractivity contribution in [2.24, 2.45) is 0 Å². The standard InChI is InChI=1S/C12H16ClNO4S2/c1-18-12(6-3-2-4-7-12)11(15)14-20(16,17)10-9(13)5-8-19-10/h5,8H,2-4,6-7H2,1H3,(H,14,15). The molecule has 1 heterocycles. The van der Waals surface area contributed by atoms with E-state index in [4.69, 9.17) is 16.3 Å². The molecule has 20 heavy (non-hydrogen) atoms. The van der Waals surface area contributed by atoms with Crippen molar-refractivity contribution < 1.29 is 17.9 Å². The van der Waals surface area contributed by atoms with Crippen LogP contribution in [0.1, 0.15) is 32.1 Å². The second-order valence-electron chi connectivity index (χ2n) is 4.75. The molecule has 0 saturated heterocycles. The first-order valence-electron chi connectivity index (χ1n) is 6.27. The first-order valence-corrected chi connectivity index (χ1v) is 9.01. The highest BCUT2D eigenvalue weighted by Crippen LogP contribution is 2.33.